The molecule has 0 aromatic rings. The molecule has 0 aliphatic carbocycles. The second-order valence-electron chi connectivity index (χ2n) is 6.12. The highest BCUT2D eigenvalue weighted by atomic mass is 32.2. The van der Waals surface area contributed by atoms with Crippen molar-refractivity contribution in [2.45, 2.75) is 37.8 Å². The van der Waals surface area contributed by atoms with Gasteiger partial charge in [-0.25, -0.2) is 16.8 Å². The number of nitrogens with zero attached hydrogens (tertiary/aromatic N) is 1. The van der Waals surface area contributed by atoms with Crippen LogP contribution in [0.3, 0.4) is 0 Å². The lowest BCUT2D eigenvalue weighted by Crippen LogP contribution is -2.43. The van der Waals surface area contributed by atoms with Gasteiger partial charge in [0.25, 0.3) is 0 Å². The molecule has 2 aliphatic heterocycles. The lowest BCUT2D eigenvalue weighted by Gasteiger charge is -2.25. The maximum Gasteiger partial charge on any atom is 0.221 e. The minimum Gasteiger partial charge on any atom is -0.376 e. The molecule has 2 fully saturated rings. The molecule has 0 radical (unpaired) electrons. The predicted octanol–water partition coefficient (Wildman–Crippen LogP) is -0.880. The average molecular weight is 368 g/mol. The first-order valence-corrected chi connectivity index (χ1v) is 11.4. The Kier molecular flexibility index (Phi) is 6.04. The van der Waals surface area contributed by atoms with Crippen LogP contribution in [0.1, 0.15) is 25.7 Å². The van der Waals surface area contributed by atoms with Gasteiger partial charge in [0.05, 0.1) is 23.9 Å². The van der Waals surface area contributed by atoms with Crippen molar-refractivity contribution in [1.82, 2.24) is 9.62 Å². The lowest BCUT2D eigenvalue weighted by molar-refractivity contribution is -0.121. The van der Waals surface area contributed by atoms with Gasteiger partial charge in [0, 0.05) is 32.2 Å². The molecule has 2 atom stereocenters. The van der Waals surface area contributed by atoms with Crippen molar-refractivity contribution in [3.05, 3.63) is 0 Å². The molecular weight excluding hydrogens is 344 g/mol. The third-order valence-electron chi connectivity index (χ3n) is 4.15. The van der Waals surface area contributed by atoms with Gasteiger partial charge in [-0.2, -0.15) is 4.31 Å². The monoisotopic (exact) mass is 368 g/mol. The van der Waals surface area contributed by atoms with Gasteiger partial charge >= 0.3 is 0 Å². The highest BCUT2D eigenvalue weighted by Crippen LogP contribution is 2.20. The van der Waals surface area contributed by atoms with Gasteiger partial charge in [0.2, 0.25) is 15.9 Å². The number of rotatable bonds is 7. The van der Waals surface area contributed by atoms with Crippen molar-refractivity contribution < 1.29 is 26.4 Å². The standard InChI is InChI=1S/C13H24N2O6S2/c1-22(17,18)15(11-5-8-23(19,20)10-11)6-4-13(16)14-9-12-3-2-7-21-12/h11-12H,2-10H2,1H3,(H,14,16). The number of carbonyl (C=O) groups is 1. The zero-order valence-electron chi connectivity index (χ0n) is 13.2. The molecular formula is C13H24N2O6S2. The Morgan fingerprint density at radius 3 is 2.61 bits per heavy atom. The summed E-state index contributed by atoms with van der Waals surface area (Å²) in [6, 6.07) is -0.569. The second-order valence-corrected chi connectivity index (χ2v) is 10.3. The van der Waals surface area contributed by atoms with E-state index in [0.717, 1.165) is 23.4 Å². The first-order valence-electron chi connectivity index (χ1n) is 7.73. The smallest absolute Gasteiger partial charge is 0.221 e. The van der Waals surface area contributed by atoms with Crippen LogP contribution in [0.25, 0.3) is 0 Å². The summed E-state index contributed by atoms with van der Waals surface area (Å²) >= 11 is 0. The number of hydrogen-bond donors (Lipinski definition) is 1. The number of nitrogens with one attached hydrogen (secondary N) is 1. The van der Waals surface area contributed by atoms with E-state index in [0.29, 0.717) is 13.2 Å². The highest BCUT2D eigenvalue weighted by Gasteiger charge is 2.36. The third kappa shape index (κ3) is 5.70. The van der Waals surface area contributed by atoms with Crippen molar-refractivity contribution >= 4 is 25.8 Å². The Morgan fingerprint density at radius 2 is 2.09 bits per heavy atom. The Labute approximate surface area is 137 Å². The van der Waals surface area contributed by atoms with Crippen LogP contribution < -0.4 is 5.32 Å². The fourth-order valence-corrected chi connectivity index (χ4v) is 5.92. The van der Waals surface area contributed by atoms with Gasteiger partial charge in [-0.05, 0) is 19.3 Å². The van der Waals surface area contributed by atoms with Crippen LogP contribution in [0.2, 0.25) is 0 Å². The van der Waals surface area contributed by atoms with Crippen molar-refractivity contribution in [3.63, 3.8) is 0 Å². The lowest BCUT2D eigenvalue weighted by atomic mass is 10.2. The molecule has 2 saturated heterocycles. The number of hydrogen-bond acceptors (Lipinski definition) is 6. The number of sulfone groups is 1. The number of amides is 1. The van der Waals surface area contributed by atoms with E-state index in [1.165, 1.54) is 0 Å². The van der Waals surface area contributed by atoms with Crippen molar-refractivity contribution in [3.8, 4) is 0 Å². The zero-order chi connectivity index (χ0) is 17.1. The van der Waals surface area contributed by atoms with E-state index in [1.54, 1.807) is 0 Å². The van der Waals surface area contributed by atoms with Crippen LogP contribution >= 0.6 is 0 Å². The van der Waals surface area contributed by atoms with Gasteiger partial charge in [0.15, 0.2) is 9.84 Å². The summed E-state index contributed by atoms with van der Waals surface area (Å²) in [5, 5.41) is 2.73. The Hall–Kier alpha value is -0.710. The average Bonchev–Trinajstić information content (AvgIpc) is 3.04. The van der Waals surface area contributed by atoms with Gasteiger partial charge in [-0.1, -0.05) is 0 Å². The first-order chi connectivity index (χ1) is 10.7. The summed E-state index contributed by atoms with van der Waals surface area (Å²) in [6.07, 6.45) is 3.27. The first kappa shape index (κ1) is 18.6. The van der Waals surface area contributed by atoms with E-state index < -0.39 is 25.9 Å². The van der Waals surface area contributed by atoms with E-state index >= 15 is 0 Å². The molecule has 23 heavy (non-hydrogen) atoms. The highest BCUT2D eigenvalue weighted by molar-refractivity contribution is 7.92. The van der Waals surface area contributed by atoms with E-state index in [-0.39, 0.29) is 42.9 Å². The number of ether oxygens (including phenoxy) is 1. The maximum absolute atomic E-state index is 11.9. The second kappa shape index (κ2) is 7.45. The van der Waals surface area contributed by atoms with Gasteiger partial charge in [-0.3, -0.25) is 4.79 Å². The molecule has 1 N–H and O–H groups in total. The summed E-state index contributed by atoms with van der Waals surface area (Å²) in [4.78, 5) is 11.9. The molecule has 2 rings (SSSR count). The van der Waals surface area contributed by atoms with Crippen LogP contribution in [0.4, 0.5) is 0 Å². The fourth-order valence-electron chi connectivity index (χ4n) is 2.95. The topological polar surface area (TPSA) is 110 Å². The molecule has 2 aliphatic rings. The summed E-state index contributed by atoms with van der Waals surface area (Å²) in [5.74, 6) is -0.429. The molecule has 1 amide bonds. The van der Waals surface area contributed by atoms with Crippen molar-refractivity contribution in [2.75, 3.05) is 37.5 Å². The summed E-state index contributed by atoms with van der Waals surface area (Å²) in [6.45, 7) is 1.13. The van der Waals surface area contributed by atoms with Crippen LogP contribution in [0, 0.1) is 0 Å². The normalized spacial score (nSPS) is 27.4. The summed E-state index contributed by atoms with van der Waals surface area (Å²) in [5.41, 5.74) is 0. The van der Waals surface area contributed by atoms with Gasteiger partial charge in [-0.15, -0.1) is 0 Å². The molecule has 2 unspecified atom stereocenters. The van der Waals surface area contributed by atoms with Crippen LogP contribution in [-0.2, 0) is 29.4 Å². The van der Waals surface area contributed by atoms with Crippen molar-refractivity contribution in [2.24, 2.45) is 0 Å². The van der Waals surface area contributed by atoms with Gasteiger partial charge < -0.3 is 10.1 Å². The molecule has 0 spiro atoms. The molecule has 10 heteroatoms. The SMILES string of the molecule is CS(=O)(=O)N(CCC(=O)NCC1CCCO1)C1CCS(=O)(=O)C1. The van der Waals surface area contributed by atoms with Gasteiger partial charge in [0.1, 0.15) is 0 Å². The number of sulfonamides is 1. The minimum atomic E-state index is -3.56. The molecule has 134 valence electrons. The molecule has 2 heterocycles. The fraction of sp³-hybridized carbons (Fsp3) is 0.923. The summed E-state index contributed by atoms with van der Waals surface area (Å²) < 4.78 is 53.4. The molecule has 8 nitrogen and oxygen atoms in total. The predicted molar refractivity (Wildman–Crippen MR) is 85.2 cm³/mol. The number of carbonyl (C=O) groups excluding carboxylic acids is 1. The van der Waals surface area contributed by atoms with Crippen molar-refractivity contribution in [1.29, 1.82) is 0 Å². The maximum atomic E-state index is 11.9. The summed E-state index contributed by atoms with van der Waals surface area (Å²) in [7, 11) is -6.74. The molecule has 0 aromatic heterocycles. The van der Waals surface area contributed by atoms with E-state index in [1.807, 2.05) is 0 Å². The van der Waals surface area contributed by atoms with E-state index in [4.69, 9.17) is 4.74 Å². The Bertz CT molecular complexity index is 625. The molecule has 0 bridgehead atoms. The van der Waals surface area contributed by atoms with Crippen LogP contribution in [-0.4, -0.2) is 76.7 Å². The Morgan fingerprint density at radius 1 is 1.35 bits per heavy atom. The third-order valence-corrected chi connectivity index (χ3v) is 7.23. The van der Waals surface area contributed by atoms with E-state index in [2.05, 4.69) is 5.32 Å². The van der Waals surface area contributed by atoms with Crippen LogP contribution in [0.5, 0.6) is 0 Å². The zero-order valence-corrected chi connectivity index (χ0v) is 14.9. The van der Waals surface area contributed by atoms with Crippen LogP contribution in [0.15, 0.2) is 0 Å². The minimum absolute atomic E-state index is 0.00359. The quantitative estimate of drug-likeness (QED) is 0.625. The Balaban J connectivity index is 1.85. The largest absolute Gasteiger partial charge is 0.376 e. The molecule has 0 saturated carbocycles. The van der Waals surface area contributed by atoms with E-state index in [9.17, 15) is 21.6 Å². The molecule has 0 aromatic carbocycles.